The molecule has 1 aliphatic heterocycles. The Kier molecular flexibility index (Phi) is 5.27. The summed E-state index contributed by atoms with van der Waals surface area (Å²) in [7, 11) is -0.954. The van der Waals surface area contributed by atoms with Gasteiger partial charge in [-0.1, -0.05) is 32.4 Å². The Morgan fingerprint density at radius 1 is 1.20 bits per heavy atom. The van der Waals surface area contributed by atoms with E-state index in [4.69, 9.17) is 11.6 Å². The van der Waals surface area contributed by atoms with E-state index in [1.54, 1.807) is 12.1 Å². The van der Waals surface area contributed by atoms with Crippen molar-refractivity contribution in [2.45, 2.75) is 38.5 Å². The Bertz CT molecular complexity index is 458. The van der Waals surface area contributed by atoms with Crippen molar-refractivity contribution in [3.8, 4) is 0 Å². The molecule has 1 heterocycles. The van der Waals surface area contributed by atoms with Gasteiger partial charge in [0, 0.05) is 9.92 Å². The van der Waals surface area contributed by atoms with Gasteiger partial charge >= 0.3 is 0 Å². The molecular formula is C16H24ClNOS. The molecule has 0 N–H and O–H groups in total. The number of rotatable bonds is 3. The first-order chi connectivity index (χ1) is 9.36. The summed E-state index contributed by atoms with van der Waals surface area (Å²) in [4.78, 5) is 3.19. The molecular weight excluding hydrogens is 290 g/mol. The number of nitrogens with zero attached hydrogens (tertiary/aromatic N) is 1. The molecule has 1 aromatic rings. The molecule has 4 heteroatoms. The third-order valence-corrected chi connectivity index (χ3v) is 5.84. The van der Waals surface area contributed by atoms with E-state index in [9.17, 15) is 4.21 Å². The van der Waals surface area contributed by atoms with Crippen LogP contribution in [0.5, 0.6) is 0 Å². The molecule has 2 nitrogen and oxygen atoms in total. The standard InChI is InChI=1S/C16H24ClNOS/c1-16(2,3)13-8-10-18(11-9-13)12-20(19)15-6-4-14(17)5-7-15/h4-7,13H,8-12H2,1-3H3. The van der Waals surface area contributed by atoms with Gasteiger partial charge < -0.3 is 0 Å². The van der Waals surface area contributed by atoms with Crippen LogP contribution in [0, 0.1) is 11.3 Å². The molecule has 2 rings (SSSR count). The van der Waals surface area contributed by atoms with Gasteiger partial charge in [-0.05, 0) is 61.5 Å². The monoisotopic (exact) mass is 313 g/mol. The molecule has 1 unspecified atom stereocenters. The van der Waals surface area contributed by atoms with Gasteiger partial charge in [0.25, 0.3) is 0 Å². The molecule has 112 valence electrons. The molecule has 20 heavy (non-hydrogen) atoms. The Morgan fingerprint density at radius 3 is 2.25 bits per heavy atom. The smallest absolute Gasteiger partial charge is 0.0795 e. The van der Waals surface area contributed by atoms with E-state index in [0.29, 0.717) is 16.3 Å². The summed E-state index contributed by atoms with van der Waals surface area (Å²) in [5.41, 5.74) is 0.390. The molecule has 0 spiro atoms. The summed E-state index contributed by atoms with van der Waals surface area (Å²) >= 11 is 5.86. The van der Waals surface area contributed by atoms with Crippen LogP contribution in [0.2, 0.25) is 5.02 Å². The molecule has 1 aliphatic rings. The van der Waals surface area contributed by atoms with Crippen LogP contribution in [0.25, 0.3) is 0 Å². The molecule has 0 bridgehead atoms. The van der Waals surface area contributed by atoms with Crippen molar-refractivity contribution in [2.24, 2.45) is 11.3 Å². The summed E-state index contributed by atoms with van der Waals surface area (Å²) in [5, 5.41) is 0.691. The Morgan fingerprint density at radius 2 is 1.75 bits per heavy atom. The highest BCUT2D eigenvalue weighted by atomic mass is 35.5. The van der Waals surface area contributed by atoms with E-state index in [0.717, 1.165) is 23.9 Å². The Labute approximate surface area is 130 Å². The zero-order valence-corrected chi connectivity index (χ0v) is 14.1. The lowest BCUT2D eigenvalue weighted by Gasteiger charge is -2.38. The molecule has 0 radical (unpaired) electrons. The van der Waals surface area contributed by atoms with Crippen molar-refractivity contribution in [1.82, 2.24) is 4.90 Å². The maximum atomic E-state index is 12.3. The molecule has 1 aromatic carbocycles. The van der Waals surface area contributed by atoms with E-state index in [2.05, 4.69) is 25.7 Å². The highest BCUT2D eigenvalue weighted by Gasteiger charge is 2.29. The SMILES string of the molecule is CC(C)(C)C1CCN(CS(=O)c2ccc(Cl)cc2)CC1. The van der Waals surface area contributed by atoms with Crippen LogP contribution in [0.1, 0.15) is 33.6 Å². The quantitative estimate of drug-likeness (QED) is 0.835. The van der Waals surface area contributed by atoms with Crippen LogP contribution in [-0.2, 0) is 10.8 Å². The summed E-state index contributed by atoms with van der Waals surface area (Å²) < 4.78 is 12.3. The Balaban J connectivity index is 1.86. The second-order valence-electron chi connectivity index (χ2n) is 6.69. The number of hydrogen-bond acceptors (Lipinski definition) is 2. The van der Waals surface area contributed by atoms with E-state index in [-0.39, 0.29) is 0 Å². The van der Waals surface area contributed by atoms with Crippen molar-refractivity contribution >= 4 is 22.4 Å². The zero-order valence-electron chi connectivity index (χ0n) is 12.6. The first kappa shape index (κ1) is 16.0. The van der Waals surface area contributed by atoms with Gasteiger partial charge in [0.1, 0.15) is 0 Å². The van der Waals surface area contributed by atoms with Gasteiger partial charge in [0.15, 0.2) is 0 Å². The van der Waals surface area contributed by atoms with Gasteiger partial charge in [-0.15, -0.1) is 0 Å². The molecule has 1 fully saturated rings. The average Bonchev–Trinajstić information content (AvgIpc) is 2.39. The summed E-state index contributed by atoms with van der Waals surface area (Å²) in [6.45, 7) is 9.07. The minimum atomic E-state index is -0.954. The van der Waals surface area contributed by atoms with E-state index < -0.39 is 10.8 Å². The van der Waals surface area contributed by atoms with Gasteiger partial charge in [0.2, 0.25) is 0 Å². The van der Waals surface area contributed by atoms with Crippen LogP contribution >= 0.6 is 11.6 Å². The maximum absolute atomic E-state index is 12.3. The summed E-state index contributed by atoms with van der Waals surface area (Å²) in [5.74, 6) is 1.42. The van der Waals surface area contributed by atoms with Gasteiger partial charge in [0.05, 0.1) is 16.7 Å². The molecule has 0 saturated carbocycles. The second kappa shape index (κ2) is 6.59. The van der Waals surface area contributed by atoms with Crippen LogP contribution in [-0.4, -0.2) is 28.1 Å². The third-order valence-electron chi connectivity index (χ3n) is 4.19. The van der Waals surface area contributed by atoms with Crippen molar-refractivity contribution in [1.29, 1.82) is 0 Å². The highest BCUT2D eigenvalue weighted by Crippen LogP contribution is 2.34. The van der Waals surface area contributed by atoms with Crippen LogP contribution in [0.15, 0.2) is 29.2 Å². The van der Waals surface area contributed by atoms with E-state index in [1.165, 1.54) is 12.8 Å². The lowest BCUT2D eigenvalue weighted by Crippen LogP contribution is -2.39. The fraction of sp³-hybridized carbons (Fsp3) is 0.625. The molecule has 0 aliphatic carbocycles. The number of benzene rings is 1. The van der Waals surface area contributed by atoms with Gasteiger partial charge in [-0.2, -0.15) is 0 Å². The minimum absolute atomic E-state index is 0.390. The number of hydrogen-bond donors (Lipinski definition) is 0. The maximum Gasteiger partial charge on any atom is 0.0795 e. The van der Waals surface area contributed by atoms with Crippen LogP contribution in [0.3, 0.4) is 0 Å². The third kappa shape index (κ3) is 4.31. The first-order valence-electron chi connectivity index (χ1n) is 7.22. The lowest BCUT2D eigenvalue weighted by atomic mass is 9.75. The fourth-order valence-corrected chi connectivity index (χ4v) is 4.06. The van der Waals surface area contributed by atoms with Crippen molar-refractivity contribution in [3.63, 3.8) is 0 Å². The van der Waals surface area contributed by atoms with Crippen molar-refractivity contribution < 1.29 is 4.21 Å². The number of likely N-dealkylation sites (tertiary alicyclic amines) is 1. The van der Waals surface area contributed by atoms with Crippen molar-refractivity contribution in [2.75, 3.05) is 19.0 Å². The predicted molar refractivity (Wildman–Crippen MR) is 86.5 cm³/mol. The number of halogens is 1. The topological polar surface area (TPSA) is 20.3 Å². The number of piperidine rings is 1. The van der Waals surface area contributed by atoms with E-state index >= 15 is 0 Å². The zero-order chi connectivity index (χ0) is 14.8. The first-order valence-corrected chi connectivity index (χ1v) is 8.92. The normalized spacial score (nSPS) is 20.0. The van der Waals surface area contributed by atoms with Gasteiger partial charge in [-0.3, -0.25) is 9.11 Å². The molecule has 0 amide bonds. The van der Waals surface area contributed by atoms with Gasteiger partial charge in [-0.25, -0.2) is 0 Å². The van der Waals surface area contributed by atoms with Crippen LogP contribution < -0.4 is 0 Å². The predicted octanol–water partition coefficient (Wildman–Crippen LogP) is 4.16. The van der Waals surface area contributed by atoms with Crippen LogP contribution in [0.4, 0.5) is 0 Å². The van der Waals surface area contributed by atoms with Crippen molar-refractivity contribution in [3.05, 3.63) is 29.3 Å². The summed E-state index contributed by atoms with van der Waals surface area (Å²) in [6, 6.07) is 7.34. The minimum Gasteiger partial charge on any atom is -0.292 e. The fourth-order valence-electron chi connectivity index (χ4n) is 2.75. The largest absolute Gasteiger partial charge is 0.292 e. The average molecular weight is 314 g/mol. The Hall–Kier alpha value is -0.380. The molecule has 1 atom stereocenters. The summed E-state index contributed by atoms with van der Waals surface area (Å²) in [6.07, 6.45) is 2.42. The van der Waals surface area contributed by atoms with E-state index in [1.807, 2.05) is 12.1 Å². The highest BCUT2D eigenvalue weighted by molar-refractivity contribution is 7.85. The molecule has 0 aromatic heterocycles. The molecule has 1 saturated heterocycles. The second-order valence-corrected chi connectivity index (χ2v) is 8.54. The lowest BCUT2D eigenvalue weighted by molar-refractivity contribution is 0.124.